The minimum atomic E-state index is -3.34. The molecule has 4 aromatic carbocycles. The molecule has 17 heteroatoms. The van der Waals surface area contributed by atoms with E-state index in [0.717, 1.165) is 12.1 Å². The van der Waals surface area contributed by atoms with E-state index in [9.17, 15) is 27.2 Å². The molecule has 10 aromatic rings. The van der Waals surface area contributed by atoms with E-state index in [1.165, 1.54) is 55.0 Å². The molecule has 0 saturated carbocycles. The lowest BCUT2D eigenvalue weighted by atomic mass is 10.00. The summed E-state index contributed by atoms with van der Waals surface area (Å²) in [5.74, 6) is -6.21. The van der Waals surface area contributed by atoms with Crippen molar-refractivity contribution in [3.05, 3.63) is 198 Å². The number of pyridine rings is 4. The van der Waals surface area contributed by atoms with E-state index in [2.05, 4.69) is 30.6 Å². The molecule has 346 valence electrons. The molecule has 2 N–H and O–H groups in total. The number of halogens is 6. The van der Waals surface area contributed by atoms with Crippen LogP contribution in [0.5, 0.6) is 5.75 Å². The van der Waals surface area contributed by atoms with E-state index < -0.39 is 47.1 Å². The molecule has 0 spiro atoms. The SMILES string of the molecule is Cc1ncc(-c2cccn3c(-c4cccc(F)c4F)ncc23)cc1C(=O)Nc1ccc(OC(F)F)c(-c2ccc(-c3ncc4c(-c5cnc(C)c(C(=O)Nc6ccccc6)c5)cccn34)c(F)c2F)c1. The maximum Gasteiger partial charge on any atom is 0.387 e. The second-order valence-corrected chi connectivity index (χ2v) is 16.0. The highest BCUT2D eigenvalue weighted by molar-refractivity contribution is 6.07. The quantitative estimate of drug-likeness (QED) is 0.124. The highest BCUT2D eigenvalue weighted by atomic mass is 19.3. The monoisotopic (exact) mass is 944 g/mol. The smallest absolute Gasteiger partial charge is 0.387 e. The molecule has 10 rings (SSSR count). The van der Waals surface area contributed by atoms with E-state index in [-0.39, 0.29) is 45.5 Å². The standard InChI is InChI=1S/C53H34F6N8O3/c1-28-39(51(68)64-32-9-4-3-5-10-32)21-30(24-60-28)35-13-8-20-67-44(35)27-63-50(67)38-17-16-36(47(56)48(38)57)41-23-33(15-18-45(41)70-53(58)59)65-52(69)40-22-31(25-61-29(40)2)34-12-7-19-66-43(34)26-62-49(66)37-11-6-14-42(54)46(37)55/h3-27,53H,1-2H3,(H,64,68)(H,65,69). The summed E-state index contributed by atoms with van der Waals surface area (Å²) in [6, 6.07) is 28.8. The number of hydrogen-bond donors (Lipinski definition) is 2. The Morgan fingerprint density at radius 1 is 0.514 bits per heavy atom. The summed E-state index contributed by atoms with van der Waals surface area (Å²) in [6.45, 7) is -0.0289. The average Bonchev–Trinajstić information content (AvgIpc) is 3.99. The molecule has 0 aliphatic carbocycles. The lowest BCUT2D eigenvalue weighted by Gasteiger charge is -2.16. The summed E-state index contributed by atoms with van der Waals surface area (Å²) in [5, 5.41) is 5.56. The molecule has 0 bridgehead atoms. The van der Waals surface area contributed by atoms with Crippen LogP contribution >= 0.6 is 0 Å². The number of carbonyl (C=O) groups is 2. The summed E-state index contributed by atoms with van der Waals surface area (Å²) >= 11 is 0. The van der Waals surface area contributed by atoms with Crippen molar-refractivity contribution >= 4 is 34.2 Å². The third-order valence-corrected chi connectivity index (χ3v) is 11.7. The molecule has 0 fully saturated rings. The van der Waals surface area contributed by atoms with Gasteiger partial charge in [-0.05, 0) is 86.6 Å². The van der Waals surface area contributed by atoms with Gasteiger partial charge < -0.3 is 15.4 Å². The van der Waals surface area contributed by atoms with Gasteiger partial charge in [-0.1, -0.05) is 42.5 Å². The minimum Gasteiger partial charge on any atom is -0.434 e. The van der Waals surface area contributed by atoms with Crippen LogP contribution < -0.4 is 15.4 Å². The fourth-order valence-corrected chi connectivity index (χ4v) is 8.29. The number of para-hydroxylation sites is 1. The van der Waals surface area contributed by atoms with Gasteiger partial charge in [0.25, 0.3) is 11.8 Å². The van der Waals surface area contributed by atoms with Gasteiger partial charge >= 0.3 is 6.61 Å². The largest absolute Gasteiger partial charge is 0.434 e. The molecule has 6 aromatic heterocycles. The van der Waals surface area contributed by atoms with E-state index in [4.69, 9.17) is 4.74 Å². The van der Waals surface area contributed by atoms with Crippen molar-refractivity contribution in [1.29, 1.82) is 0 Å². The highest BCUT2D eigenvalue weighted by Gasteiger charge is 2.25. The second kappa shape index (κ2) is 18.2. The zero-order chi connectivity index (χ0) is 48.8. The lowest BCUT2D eigenvalue weighted by molar-refractivity contribution is -0.0494. The van der Waals surface area contributed by atoms with Crippen molar-refractivity contribution in [2.24, 2.45) is 0 Å². The summed E-state index contributed by atoms with van der Waals surface area (Å²) < 4.78 is 97.1. The number of aromatic nitrogens is 6. The first-order valence-corrected chi connectivity index (χ1v) is 21.4. The molecule has 6 heterocycles. The number of aryl methyl sites for hydroxylation is 2. The number of imidazole rings is 2. The molecule has 11 nitrogen and oxygen atoms in total. The van der Waals surface area contributed by atoms with Crippen LogP contribution in [0.4, 0.5) is 37.7 Å². The van der Waals surface area contributed by atoms with E-state index >= 15 is 8.78 Å². The van der Waals surface area contributed by atoms with Crippen molar-refractivity contribution in [2.45, 2.75) is 20.5 Å². The number of anilines is 2. The lowest BCUT2D eigenvalue weighted by Crippen LogP contribution is -2.14. The number of ether oxygens (including phenoxy) is 1. The van der Waals surface area contributed by atoms with E-state index in [1.807, 2.05) is 6.07 Å². The van der Waals surface area contributed by atoms with E-state index in [1.54, 1.807) is 102 Å². The molecule has 0 aliphatic rings. The number of carbonyl (C=O) groups excluding carboxylic acids is 2. The summed E-state index contributed by atoms with van der Waals surface area (Å²) in [5.41, 5.74) is 3.98. The molecule has 0 atom stereocenters. The summed E-state index contributed by atoms with van der Waals surface area (Å²) in [4.78, 5) is 44.9. The maximum atomic E-state index is 16.4. The Kier molecular flexibility index (Phi) is 11.6. The van der Waals surface area contributed by atoms with Crippen LogP contribution in [-0.2, 0) is 0 Å². The Bertz CT molecular complexity index is 3710. The molecular formula is C53H34F6N8O3. The minimum absolute atomic E-state index is 0.0172. The average molecular weight is 945 g/mol. The van der Waals surface area contributed by atoms with Crippen LogP contribution in [0.2, 0.25) is 0 Å². The van der Waals surface area contributed by atoms with Crippen LogP contribution in [0.15, 0.2) is 152 Å². The molecule has 70 heavy (non-hydrogen) atoms. The Hall–Kier alpha value is -9.12. The van der Waals surface area contributed by atoms with Gasteiger partial charge in [0.2, 0.25) is 0 Å². The highest BCUT2D eigenvalue weighted by Crippen LogP contribution is 2.39. The molecule has 0 saturated heterocycles. The van der Waals surface area contributed by atoms with Gasteiger partial charge in [-0.25, -0.2) is 27.5 Å². The van der Waals surface area contributed by atoms with Crippen molar-refractivity contribution in [2.75, 3.05) is 10.6 Å². The predicted molar refractivity (Wildman–Crippen MR) is 251 cm³/mol. The van der Waals surface area contributed by atoms with Crippen LogP contribution in [0.3, 0.4) is 0 Å². The van der Waals surface area contributed by atoms with Gasteiger partial charge in [0, 0.05) is 69.5 Å². The third-order valence-electron chi connectivity index (χ3n) is 11.7. The number of fused-ring (bicyclic) bond motifs is 2. The van der Waals surface area contributed by atoms with Crippen molar-refractivity contribution < 1.29 is 40.7 Å². The third kappa shape index (κ3) is 8.22. The maximum absolute atomic E-state index is 16.4. The zero-order valence-electron chi connectivity index (χ0n) is 36.7. The topological polar surface area (TPSA) is 128 Å². The Morgan fingerprint density at radius 3 is 1.63 bits per heavy atom. The number of nitrogens with one attached hydrogen (secondary N) is 2. The molecular weight excluding hydrogens is 911 g/mol. The number of hydrogen-bond acceptors (Lipinski definition) is 7. The van der Waals surface area contributed by atoms with Crippen LogP contribution in [0.25, 0.3) is 67.2 Å². The van der Waals surface area contributed by atoms with Crippen molar-refractivity contribution in [3.8, 4) is 61.9 Å². The van der Waals surface area contributed by atoms with Gasteiger partial charge in [0.05, 0.1) is 57.1 Å². The number of alkyl halides is 2. The summed E-state index contributed by atoms with van der Waals surface area (Å²) in [7, 11) is 0. The number of rotatable bonds is 11. The van der Waals surface area contributed by atoms with Gasteiger partial charge in [0.15, 0.2) is 23.3 Å². The second-order valence-electron chi connectivity index (χ2n) is 16.0. The van der Waals surface area contributed by atoms with Crippen LogP contribution in [0.1, 0.15) is 32.1 Å². The normalized spacial score (nSPS) is 11.4. The number of nitrogens with zero attached hydrogens (tertiary/aromatic N) is 6. The van der Waals surface area contributed by atoms with Crippen LogP contribution in [-0.4, -0.2) is 47.2 Å². The molecule has 0 unspecified atom stereocenters. The Morgan fingerprint density at radius 2 is 1.04 bits per heavy atom. The fraction of sp³-hybridized carbons (Fsp3) is 0.0566. The molecule has 2 amide bonds. The van der Waals surface area contributed by atoms with Gasteiger partial charge in [-0.2, -0.15) is 8.78 Å². The first kappa shape index (κ1) is 44.7. The first-order valence-electron chi connectivity index (χ1n) is 21.4. The van der Waals surface area contributed by atoms with Crippen molar-refractivity contribution in [1.82, 2.24) is 28.7 Å². The summed E-state index contributed by atoms with van der Waals surface area (Å²) in [6.07, 6.45) is 9.32. The van der Waals surface area contributed by atoms with Crippen LogP contribution in [0, 0.1) is 37.1 Å². The fourth-order valence-electron chi connectivity index (χ4n) is 8.29. The first-order chi connectivity index (χ1) is 33.8. The number of amides is 2. The van der Waals surface area contributed by atoms with Crippen molar-refractivity contribution in [3.63, 3.8) is 0 Å². The van der Waals surface area contributed by atoms with Gasteiger partial charge in [-0.3, -0.25) is 28.4 Å². The predicted octanol–water partition coefficient (Wildman–Crippen LogP) is 12.4. The molecule has 0 aliphatic heterocycles. The van der Waals surface area contributed by atoms with Gasteiger partial charge in [-0.15, -0.1) is 0 Å². The Balaban J connectivity index is 0.950. The Labute approximate surface area is 393 Å². The molecule has 0 radical (unpaired) electrons. The van der Waals surface area contributed by atoms with Gasteiger partial charge in [0.1, 0.15) is 17.4 Å². The number of benzene rings is 4. The van der Waals surface area contributed by atoms with E-state index in [0.29, 0.717) is 55.9 Å². The zero-order valence-corrected chi connectivity index (χ0v) is 36.7.